The van der Waals surface area contributed by atoms with Gasteiger partial charge in [-0.2, -0.15) is 9.97 Å². The van der Waals surface area contributed by atoms with Crippen LogP contribution in [0.2, 0.25) is 5.28 Å². The van der Waals surface area contributed by atoms with Crippen molar-refractivity contribution in [3.05, 3.63) is 139 Å². The van der Waals surface area contributed by atoms with Crippen LogP contribution in [-0.4, -0.2) is 15.0 Å². The summed E-state index contributed by atoms with van der Waals surface area (Å²) in [5.74, 6) is 1.04. The highest BCUT2D eigenvalue weighted by Crippen LogP contribution is 2.33. The third kappa shape index (κ3) is 4.39. The number of hydrogen-bond donors (Lipinski definition) is 0. The lowest BCUT2D eigenvalue weighted by Gasteiger charge is -2.09. The van der Waals surface area contributed by atoms with Crippen molar-refractivity contribution in [3.8, 4) is 45.0 Å². The summed E-state index contributed by atoms with van der Waals surface area (Å²) in [4.78, 5) is 13.8. The summed E-state index contributed by atoms with van der Waals surface area (Å²) in [6.45, 7) is 0. The van der Waals surface area contributed by atoms with E-state index in [0.717, 1.165) is 44.2 Å². The molecule has 0 radical (unpaired) electrons. The molecule has 0 unspecified atom stereocenters. The van der Waals surface area contributed by atoms with Crippen LogP contribution in [0.1, 0.15) is 0 Å². The fraction of sp³-hybridized carbons (Fsp3) is 0. The second-order valence-corrected chi connectivity index (χ2v) is 10.6. The summed E-state index contributed by atoms with van der Waals surface area (Å²) in [5, 5.41) is 4.60. The Bertz CT molecular complexity index is 2270. The van der Waals surface area contributed by atoms with Crippen molar-refractivity contribution in [1.29, 1.82) is 0 Å². The van der Waals surface area contributed by atoms with Gasteiger partial charge in [-0.25, -0.2) is 4.98 Å². The van der Waals surface area contributed by atoms with Crippen LogP contribution in [0.15, 0.2) is 138 Å². The fourth-order valence-electron chi connectivity index (χ4n) is 5.55. The lowest BCUT2D eigenvalue weighted by molar-refractivity contribution is 0.669. The number of hydrogen-bond acceptors (Lipinski definition) is 4. The van der Waals surface area contributed by atoms with Crippen LogP contribution in [0, 0.1) is 0 Å². The van der Waals surface area contributed by atoms with Gasteiger partial charge in [0.15, 0.2) is 11.6 Å². The first-order valence-electron chi connectivity index (χ1n) is 13.7. The summed E-state index contributed by atoms with van der Waals surface area (Å²) < 4.78 is 5.99. The molecule has 2 heterocycles. The van der Waals surface area contributed by atoms with E-state index in [9.17, 15) is 0 Å². The number of nitrogens with zero attached hydrogens (tertiary/aromatic N) is 3. The van der Waals surface area contributed by atoms with E-state index in [4.69, 9.17) is 21.0 Å². The predicted molar refractivity (Wildman–Crippen MR) is 171 cm³/mol. The molecule has 0 N–H and O–H groups in total. The normalized spacial score (nSPS) is 11.5. The Balaban J connectivity index is 1.18. The van der Waals surface area contributed by atoms with Gasteiger partial charge in [-0.05, 0) is 87.1 Å². The highest BCUT2D eigenvalue weighted by Gasteiger charge is 2.13. The number of halogens is 1. The minimum absolute atomic E-state index is 0.150. The van der Waals surface area contributed by atoms with E-state index in [2.05, 4.69) is 88.8 Å². The summed E-state index contributed by atoms with van der Waals surface area (Å²) >= 11 is 6.45. The summed E-state index contributed by atoms with van der Waals surface area (Å²) in [7, 11) is 0. The second kappa shape index (κ2) is 9.95. The molecule has 2 aromatic heterocycles. The molecule has 0 fully saturated rings. The molecule has 4 nitrogen and oxygen atoms in total. The zero-order valence-electron chi connectivity index (χ0n) is 22.3. The van der Waals surface area contributed by atoms with Crippen LogP contribution in [-0.2, 0) is 0 Å². The van der Waals surface area contributed by atoms with Crippen LogP contribution in [0.5, 0.6) is 0 Å². The summed E-state index contributed by atoms with van der Waals surface area (Å²) in [5.41, 5.74) is 7.97. The molecule has 0 saturated carbocycles. The summed E-state index contributed by atoms with van der Waals surface area (Å²) in [6, 6.07) is 45.8. The molecule has 0 spiro atoms. The van der Waals surface area contributed by atoms with Crippen molar-refractivity contribution in [3.63, 3.8) is 0 Å². The third-order valence-electron chi connectivity index (χ3n) is 7.64. The van der Waals surface area contributed by atoms with Crippen LogP contribution < -0.4 is 0 Å². The van der Waals surface area contributed by atoms with Gasteiger partial charge in [0.1, 0.15) is 11.2 Å². The molecular formula is C37H22ClN3O. The molecule has 5 heteroatoms. The molecule has 6 aromatic carbocycles. The minimum Gasteiger partial charge on any atom is -0.456 e. The zero-order chi connectivity index (χ0) is 28.0. The number of benzene rings is 6. The Kier molecular flexibility index (Phi) is 5.80. The molecule has 0 amide bonds. The largest absolute Gasteiger partial charge is 0.456 e. The van der Waals surface area contributed by atoms with E-state index >= 15 is 0 Å². The van der Waals surface area contributed by atoms with Crippen molar-refractivity contribution in [1.82, 2.24) is 15.0 Å². The summed E-state index contributed by atoms with van der Waals surface area (Å²) in [6.07, 6.45) is 0. The highest BCUT2D eigenvalue weighted by molar-refractivity contribution is 6.28. The number of furan rings is 1. The monoisotopic (exact) mass is 559 g/mol. The molecule has 0 aliphatic rings. The third-order valence-corrected chi connectivity index (χ3v) is 7.81. The lowest BCUT2D eigenvalue weighted by Crippen LogP contribution is -1.97. The maximum atomic E-state index is 6.45. The zero-order valence-corrected chi connectivity index (χ0v) is 23.1. The van der Waals surface area contributed by atoms with Crippen molar-refractivity contribution in [2.45, 2.75) is 0 Å². The Morgan fingerprint density at radius 2 is 1.00 bits per heavy atom. The maximum absolute atomic E-state index is 6.45. The van der Waals surface area contributed by atoms with Crippen molar-refractivity contribution < 1.29 is 4.42 Å². The number of rotatable bonds is 4. The van der Waals surface area contributed by atoms with Gasteiger partial charge in [0.05, 0.1) is 0 Å². The number of aromatic nitrogens is 3. The number of para-hydroxylation sites is 1. The van der Waals surface area contributed by atoms with Gasteiger partial charge in [-0.15, -0.1) is 0 Å². The van der Waals surface area contributed by atoms with Crippen LogP contribution in [0.25, 0.3) is 77.7 Å². The fourth-order valence-corrected chi connectivity index (χ4v) is 5.71. The van der Waals surface area contributed by atoms with E-state index < -0.39 is 0 Å². The average molecular weight is 560 g/mol. The first-order valence-corrected chi connectivity index (χ1v) is 14.1. The molecule has 198 valence electrons. The quantitative estimate of drug-likeness (QED) is 0.215. The first kappa shape index (κ1) is 24.5. The van der Waals surface area contributed by atoms with E-state index in [1.54, 1.807) is 0 Å². The van der Waals surface area contributed by atoms with Crippen molar-refractivity contribution in [2.24, 2.45) is 0 Å². The SMILES string of the molecule is Clc1nc(-c2cccc(-c3ccc4ccc(-c5ccccc5)cc4c3)c2)nc(-c2ccc3oc4ccccc4c3c2)n1. The lowest BCUT2D eigenvalue weighted by atomic mass is 9.97. The van der Waals surface area contributed by atoms with Crippen LogP contribution in [0.3, 0.4) is 0 Å². The van der Waals surface area contributed by atoms with E-state index in [0.29, 0.717) is 11.6 Å². The topological polar surface area (TPSA) is 51.8 Å². The van der Waals surface area contributed by atoms with E-state index in [1.807, 2.05) is 54.6 Å². The Morgan fingerprint density at radius 1 is 0.405 bits per heavy atom. The van der Waals surface area contributed by atoms with Crippen molar-refractivity contribution in [2.75, 3.05) is 0 Å². The highest BCUT2D eigenvalue weighted by atomic mass is 35.5. The second-order valence-electron chi connectivity index (χ2n) is 10.3. The van der Waals surface area contributed by atoms with Crippen LogP contribution in [0.4, 0.5) is 0 Å². The maximum Gasteiger partial charge on any atom is 0.226 e. The van der Waals surface area contributed by atoms with E-state index in [1.165, 1.54) is 21.9 Å². The molecule has 8 rings (SSSR count). The Labute approximate surface area is 246 Å². The predicted octanol–water partition coefficient (Wildman–Crippen LogP) is 10.2. The van der Waals surface area contributed by atoms with Gasteiger partial charge in [0.2, 0.25) is 5.28 Å². The smallest absolute Gasteiger partial charge is 0.226 e. The molecule has 0 atom stereocenters. The molecular weight excluding hydrogens is 538 g/mol. The van der Waals surface area contributed by atoms with Gasteiger partial charge in [0.25, 0.3) is 0 Å². The van der Waals surface area contributed by atoms with Gasteiger partial charge in [-0.3, -0.25) is 0 Å². The average Bonchev–Trinajstić information content (AvgIpc) is 3.42. The first-order chi connectivity index (χ1) is 20.7. The molecule has 0 saturated heterocycles. The molecule has 0 bridgehead atoms. The van der Waals surface area contributed by atoms with Crippen LogP contribution >= 0.6 is 11.6 Å². The van der Waals surface area contributed by atoms with Gasteiger partial charge >= 0.3 is 0 Å². The van der Waals surface area contributed by atoms with Gasteiger partial charge < -0.3 is 4.42 Å². The minimum atomic E-state index is 0.150. The Morgan fingerprint density at radius 3 is 1.81 bits per heavy atom. The number of fused-ring (bicyclic) bond motifs is 4. The molecule has 0 aliphatic carbocycles. The molecule has 8 aromatic rings. The van der Waals surface area contributed by atoms with E-state index in [-0.39, 0.29) is 5.28 Å². The molecule has 0 aliphatic heterocycles. The Hall–Kier alpha value is -5.32. The van der Waals surface area contributed by atoms with Gasteiger partial charge in [0, 0.05) is 21.9 Å². The molecule has 42 heavy (non-hydrogen) atoms. The standard InChI is InChI=1S/C37H22ClN3O/c38-37-40-35(39-36(41-37)29-17-18-34-32(22-29)31-11-4-5-12-33(31)42-34)28-10-6-9-25(19-28)27-16-14-24-13-15-26(20-30(24)21-27)23-7-2-1-3-8-23/h1-22H. The van der Waals surface area contributed by atoms with Gasteiger partial charge in [-0.1, -0.05) is 91.0 Å². The van der Waals surface area contributed by atoms with Crippen molar-refractivity contribution >= 4 is 44.3 Å².